The summed E-state index contributed by atoms with van der Waals surface area (Å²) in [4.78, 5) is 13.9. The van der Waals surface area contributed by atoms with E-state index in [1.807, 2.05) is 36.5 Å². The average Bonchev–Trinajstić information content (AvgIpc) is 2.62. The number of hydrogen-bond acceptors (Lipinski definition) is 1. The van der Waals surface area contributed by atoms with E-state index in [1.165, 1.54) is 0 Å². The number of aromatic amines is 1. The van der Waals surface area contributed by atoms with Crippen molar-refractivity contribution in [1.29, 1.82) is 0 Å². The lowest BCUT2D eigenvalue weighted by Gasteiger charge is -1.95. The molecule has 0 aliphatic carbocycles. The number of carbonyl (C=O) groups is 1. The Morgan fingerprint density at radius 3 is 3.00 bits per heavy atom. The first kappa shape index (κ1) is 8.75. The molecule has 1 aromatic carbocycles. The lowest BCUT2D eigenvalue weighted by molar-refractivity contribution is -0.112. The molecule has 0 saturated heterocycles. The van der Waals surface area contributed by atoms with Crippen LogP contribution < -0.4 is 0 Å². The number of carbonyl (C=O) groups excluding carboxylic acids is 1. The van der Waals surface area contributed by atoms with Gasteiger partial charge in [-0.25, -0.2) is 0 Å². The molecule has 1 N–H and O–H groups in total. The third-order valence-electron chi connectivity index (χ3n) is 2.12. The second-order valence-corrected chi connectivity index (χ2v) is 3.23. The quantitative estimate of drug-likeness (QED) is 0.717. The first-order chi connectivity index (χ1) is 6.77. The Balaban J connectivity index is 2.51. The van der Waals surface area contributed by atoms with Gasteiger partial charge < -0.3 is 4.98 Å². The maximum Gasteiger partial charge on any atom is 0.152 e. The highest BCUT2D eigenvalue weighted by Gasteiger charge is 1.97. The molecule has 0 saturated carbocycles. The number of H-pyrrole nitrogens is 1. The van der Waals surface area contributed by atoms with E-state index in [2.05, 4.69) is 4.98 Å². The Bertz CT molecular complexity index is 494. The Labute approximate surface area is 82.3 Å². The second-order valence-electron chi connectivity index (χ2n) is 3.23. The summed E-state index contributed by atoms with van der Waals surface area (Å²) in [5.74, 6) is 0.0635. The second kappa shape index (κ2) is 3.50. The summed E-state index contributed by atoms with van der Waals surface area (Å²) in [5, 5.41) is 1.16. The monoisotopic (exact) mass is 185 g/mol. The van der Waals surface area contributed by atoms with Gasteiger partial charge >= 0.3 is 0 Å². The van der Waals surface area contributed by atoms with Gasteiger partial charge in [0, 0.05) is 6.20 Å². The molecule has 0 amide bonds. The first-order valence-corrected chi connectivity index (χ1v) is 4.52. The molecule has 2 rings (SSSR count). The van der Waals surface area contributed by atoms with Gasteiger partial charge in [0.1, 0.15) is 0 Å². The van der Waals surface area contributed by atoms with Crippen LogP contribution in [0.2, 0.25) is 0 Å². The smallest absolute Gasteiger partial charge is 0.152 e. The Morgan fingerprint density at radius 1 is 1.36 bits per heavy atom. The van der Waals surface area contributed by atoms with Gasteiger partial charge in [0.15, 0.2) is 5.78 Å². The largest absolute Gasteiger partial charge is 0.361 e. The van der Waals surface area contributed by atoms with Crippen molar-refractivity contribution in [3.05, 3.63) is 42.1 Å². The van der Waals surface area contributed by atoms with E-state index in [9.17, 15) is 4.79 Å². The number of aromatic nitrogens is 1. The predicted octanol–water partition coefficient (Wildman–Crippen LogP) is 2.77. The van der Waals surface area contributed by atoms with Gasteiger partial charge in [-0.2, -0.15) is 0 Å². The summed E-state index contributed by atoms with van der Waals surface area (Å²) in [6.45, 7) is 1.55. The molecule has 0 unspecified atom stereocenters. The summed E-state index contributed by atoms with van der Waals surface area (Å²) in [7, 11) is 0. The van der Waals surface area contributed by atoms with Crippen LogP contribution in [-0.2, 0) is 4.79 Å². The zero-order chi connectivity index (χ0) is 9.97. The molecular formula is C12H11NO. The van der Waals surface area contributed by atoms with Crippen LogP contribution in [0.3, 0.4) is 0 Å². The van der Waals surface area contributed by atoms with Crippen molar-refractivity contribution in [2.24, 2.45) is 0 Å². The van der Waals surface area contributed by atoms with E-state index < -0.39 is 0 Å². The van der Waals surface area contributed by atoms with Gasteiger partial charge in [0.05, 0.1) is 5.52 Å². The molecule has 0 fully saturated rings. The van der Waals surface area contributed by atoms with Crippen molar-refractivity contribution in [3.8, 4) is 0 Å². The molecule has 2 heteroatoms. The molecule has 14 heavy (non-hydrogen) atoms. The topological polar surface area (TPSA) is 32.9 Å². The highest BCUT2D eigenvalue weighted by atomic mass is 16.1. The Kier molecular flexibility index (Phi) is 2.19. The van der Waals surface area contributed by atoms with Crippen LogP contribution in [-0.4, -0.2) is 10.8 Å². The molecule has 0 atom stereocenters. The summed E-state index contributed by atoms with van der Waals surface area (Å²) >= 11 is 0. The molecule has 0 bridgehead atoms. The van der Waals surface area contributed by atoms with Gasteiger partial charge in [-0.1, -0.05) is 18.2 Å². The number of rotatable bonds is 2. The van der Waals surface area contributed by atoms with E-state index in [-0.39, 0.29) is 5.78 Å². The van der Waals surface area contributed by atoms with Crippen LogP contribution in [0.1, 0.15) is 12.5 Å². The van der Waals surface area contributed by atoms with E-state index >= 15 is 0 Å². The van der Waals surface area contributed by atoms with Crippen LogP contribution in [0.25, 0.3) is 17.0 Å². The minimum absolute atomic E-state index is 0.0635. The van der Waals surface area contributed by atoms with Crippen LogP contribution in [0.4, 0.5) is 0 Å². The third-order valence-corrected chi connectivity index (χ3v) is 2.12. The molecule has 2 aromatic rings. The van der Waals surface area contributed by atoms with Crippen LogP contribution in [0, 0.1) is 0 Å². The minimum atomic E-state index is 0.0635. The lowest BCUT2D eigenvalue weighted by Crippen LogP contribution is -1.81. The molecule has 2 nitrogen and oxygen atoms in total. The van der Waals surface area contributed by atoms with Crippen molar-refractivity contribution >= 4 is 22.8 Å². The van der Waals surface area contributed by atoms with Crippen molar-refractivity contribution in [3.63, 3.8) is 0 Å². The molecular weight excluding hydrogens is 174 g/mol. The first-order valence-electron chi connectivity index (χ1n) is 4.52. The fourth-order valence-electron chi connectivity index (χ4n) is 1.46. The normalized spacial score (nSPS) is 11.2. The number of benzene rings is 1. The van der Waals surface area contributed by atoms with Gasteiger partial charge in [0.2, 0.25) is 0 Å². The molecule has 70 valence electrons. The number of para-hydroxylation sites is 1. The van der Waals surface area contributed by atoms with Gasteiger partial charge in [-0.15, -0.1) is 0 Å². The molecule has 0 aliphatic rings. The average molecular weight is 185 g/mol. The van der Waals surface area contributed by atoms with Crippen molar-refractivity contribution < 1.29 is 4.79 Å². The van der Waals surface area contributed by atoms with Crippen molar-refractivity contribution in [1.82, 2.24) is 4.98 Å². The van der Waals surface area contributed by atoms with E-state index in [1.54, 1.807) is 13.0 Å². The summed E-state index contributed by atoms with van der Waals surface area (Å²) < 4.78 is 0. The number of nitrogens with one attached hydrogen (secondary N) is 1. The van der Waals surface area contributed by atoms with E-state index in [4.69, 9.17) is 0 Å². The fourth-order valence-corrected chi connectivity index (χ4v) is 1.46. The number of fused-ring (bicyclic) bond motifs is 1. The zero-order valence-electron chi connectivity index (χ0n) is 7.95. The number of ketones is 1. The van der Waals surface area contributed by atoms with Gasteiger partial charge in [0.25, 0.3) is 0 Å². The minimum Gasteiger partial charge on any atom is -0.361 e. The standard InChI is InChI=1S/C12H11NO/c1-9(14)5-6-10-3-2-4-11-7-8-13-12(10)11/h2-8,13H,1H3/b6-5-. The molecule has 0 spiro atoms. The summed E-state index contributed by atoms with van der Waals surface area (Å²) in [6.07, 6.45) is 5.31. The Hall–Kier alpha value is -1.83. The highest BCUT2D eigenvalue weighted by Crippen LogP contribution is 2.17. The van der Waals surface area contributed by atoms with E-state index in [0.29, 0.717) is 0 Å². The highest BCUT2D eigenvalue weighted by molar-refractivity contribution is 5.95. The summed E-state index contributed by atoms with van der Waals surface area (Å²) in [6, 6.07) is 8.02. The number of hydrogen-bond donors (Lipinski definition) is 1. The molecule has 0 aliphatic heterocycles. The molecule has 1 aromatic heterocycles. The van der Waals surface area contributed by atoms with Crippen LogP contribution in [0.15, 0.2) is 36.5 Å². The maximum atomic E-state index is 10.8. The Morgan fingerprint density at radius 2 is 2.21 bits per heavy atom. The lowest BCUT2D eigenvalue weighted by atomic mass is 10.1. The maximum absolute atomic E-state index is 10.8. The van der Waals surface area contributed by atoms with Crippen molar-refractivity contribution in [2.45, 2.75) is 6.92 Å². The zero-order valence-corrected chi connectivity index (χ0v) is 7.95. The van der Waals surface area contributed by atoms with Crippen LogP contribution in [0.5, 0.6) is 0 Å². The van der Waals surface area contributed by atoms with Gasteiger partial charge in [-0.3, -0.25) is 4.79 Å². The van der Waals surface area contributed by atoms with Gasteiger partial charge in [-0.05, 0) is 36.1 Å². The SMILES string of the molecule is CC(=O)/C=C\c1cccc2cc[nH]c12. The predicted molar refractivity (Wildman–Crippen MR) is 58.0 cm³/mol. The fraction of sp³-hybridized carbons (Fsp3) is 0.0833. The molecule has 1 heterocycles. The molecule has 0 radical (unpaired) electrons. The number of allylic oxidation sites excluding steroid dienone is 1. The van der Waals surface area contributed by atoms with E-state index in [0.717, 1.165) is 16.5 Å². The summed E-state index contributed by atoms with van der Waals surface area (Å²) in [5.41, 5.74) is 2.12. The van der Waals surface area contributed by atoms with Crippen molar-refractivity contribution in [2.75, 3.05) is 0 Å². The third kappa shape index (κ3) is 1.59. The van der Waals surface area contributed by atoms with Crippen LogP contribution >= 0.6 is 0 Å².